The van der Waals surface area contributed by atoms with Crippen molar-refractivity contribution in [2.45, 2.75) is 25.8 Å². The van der Waals surface area contributed by atoms with Gasteiger partial charge in [0.15, 0.2) is 11.5 Å². The van der Waals surface area contributed by atoms with Gasteiger partial charge in [-0.05, 0) is 56.6 Å². The van der Waals surface area contributed by atoms with Gasteiger partial charge in [-0.2, -0.15) is 5.10 Å². The number of likely N-dealkylation sites (tertiary alicyclic amines) is 1. The third kappa shape index (κ3) is 6.54. The lowest BCUT2D eigenvalue weighted by atomic mass is 10.2. The zero-order chi connectivity index (χ0) is 26.3. The predicted octanol–water partition coefficient (Wildman–Crippen LogP) is 4.22. The number of nitrogens with one attached hydrogen (secondary N) is 2. The summed E-state index contributed by atoms with van der Waals surface area (Å²) in [6.45, 7) is 3.95. The first kappa shape index (κ1) is 25.4. The Kier molecular flexibility index (Phi) is 7.93. The number of aromatic nitrogens is 4. The maximum Gasteiger partial charge on any atom is 0.246 e. The maximum atomic E-state index is 13.3. The molecule has 1 amide bonds. The van der Waals surface area contributed by atoms with Crippen LogP contribution in [-0.4, -0.2) is 63.9 Å². The number of halogens is 1. The molecule has 0 bridgehead atoms. The Morgan fingerprint density at radius 3 is 2.79 bits per heavy atom. The summed E-state index contributed by atoms with van der Waals surface area (Å²) >= 11 is 0. The van der Waals surface area contributed by atoms with Crippen molar-refractivity contribution in [2.24, 2.45) is 0 Å². The summed E-state index contributed by atoms with van der Waals surface area (Å²) in [6, 6.07) is 9.45. The molecule has 5 rings (SSSR count). The molecule has 38 heavy (non-hydrogen) atoms. The average Bonchev–Trinajstić information content (AvgIpc) is 3.58. The number of benzene rings is 2. The van der Waals surface area contributed by atoms with E-state index in [9.17, 15) is 9.18 Å². The predicted molar refractivity (Wildman–Crippen MR) is 142 cm³/mol. The van der Waals surface area contributed by atoms with E-state index in [2.05, 4.69) is 30.6 Å². The van der Waals surface area contributed by atoms with E-state index in [4.69, 9.17) is 9.47 Å². The summed E-state index contributed by atoms with van der Waals surface area (Å²) in [5.41, 5.74) is 1.71. The Hall–Kier alpha value is -4.25. The second-order valence-electron chi connectivity index (χ2n) is 9.12. The van der Waals surface area contributed by atoms with Crippen LogP contribution in [0.25, 0.3) is 10.9 Å². The van der Waals surface area contributed by atoms with Crippen molar-refractivity contribution in [3.8, 4) is 11.5 Å². The van der Waals surface area contributed by atoms with E-state index in [1.165, 1.54) is 48.8 Å². The number of methoxy groups -OCH3 is 1. The first-order chi connectivity index (χ1) is 18.6. The van der Waals surface area contributed by atoms with E-state index in [1.54, 1.807) is 31.8 Å². The molecule has 4 aromatic rings. The summed E-state index contributed by atoms with van der Waals surface area (Å²) in [4.78, 5) is 23.8. The highest BCUT2D eigenvalue weighted by molar-refractivity contribution is 5.90. The van der Waals surface area contributed by atoms with Gasteiger partial charge in [-0.1, -0.05) is 6.07 Å². The minimum atomic E-state index is -0.418. The molecule has 0 unspecified atom stereocenters. The molecule has 198 valence electrons. The number of ether oxygens (including phenoxy) is 2. The molecule has 2 aromatic carbocycles. The van der Waals surface area contributed by atoms with Gasteiger partial charge in [0.1, 0.15) is 12.4 Å². The third-order valence-electron chi connectivity index (χ3n) is 6.24. The van der Waals surface area contributed by atoms with Crippen LogP contribution in [0.1, 0.15) is 19.3 Å². The molecular formula is C27H30FN7O3. The number of anilines is 3. The Morgan fingerprint density at radius 2 is 1.97 bits per heavy atom. The highest BCUT2D eigenvalue weighted by atomic mass is 19.1. The minimum Gasteiger partial charge on any atom is -0.493 e. The second-order valence-corrected chi connectivity index (χ2v) is 9.12. The highest BCUT2D eigenvalue weighted by Gasteiger charge is 2.13. The number of nitrogens with zero attached hydrogens (tertiary/aromatic N) is 5. The molecule has 2 N–H and O–H groups in total. The average molecular weight is 520 g/mol. The van der Waals surface area contributed by atoms with Gasteiger partial charge in [0, 0.05) is 36.1 Å². The van der Waals surface area contributed by atoms with Gasteiger partial charge >= 0.3 is 0 Å². The fourth-order valence-electron chi connectivity index (χ4n) is 4.41. The molecule has 0 radical (unpaired) electrons. The van der Waals surface area contributed by atoms with E-state index < -0.39 is 5.82 Å². The van der Waals surface area contributed by atoms with Crippen molar-refractivity contribution in [2.75, 3.05) is 44.0 Å². The minimum absolute atomic E-state index is 0.0327. The molecule has 1 fully saturated rings. The summed E-state index contributed by atoms with van der Waals surface area (Å²) < 4.78 is 26.4. The zero-order valence-corrected chi connectivity index (χ0v) is 21.2. The van der Waals surface area contributed by atoms with Gasteiger partial charge in [-0.15, -0.1) is 0 Å². The SMILES string of the molecule is COc1cc2cnc(Nc3cnn(CC(=O)Nc4cccc(F)c4)c3)nc2cc1OCCCN1CCCC1. The van der Waals surface area contributed by atoms with E-state index >= 15 is 0 Å². The smallest absolute Gasteiger partial charge is 0.246 e. The molecule has 11 heteroatoms. The number of rotatable bonds is 11. The van der Waals surface area contributed by atoms with Crippen LogP contribution in [0.15, 0.2) is 55.0 Å². The summed E-state index contributed by atoms with van der Waals surface area (Å²) in [5, 5.41) is 10.8. The molecular weight excluding hydrogens is 489 g/mol. The van der Waals surface area contributed by atoms with Gasteiger partial charge in [0.2, 0.25) is 11.9 Å². The number of carbonyl (C=O) groups is 1. The number of carbonyl (C=O) groups excluding carboxylic acids is 1. The number of hydrogen-bond donors (Lipinski definition) is 2. The molecule has 1 saturated heterocycles. The van der Waals surface area contributed by atoms with E-state index in [1.807, 2.05) is 12.1 Å². The van der Waals surface area contributed by atoms with Crippen LogP contribution < -0.4 is 20.1 Å². The lowest BCUT2D eigenvalue weighted by molar-refractivity contribution is -0.116. The largest absolute Gasteiger partial charge is 0.493 e. The Balaban J connectivity index is 1.20. The summed E-state index contributed by atoms with van der Waals surface area (Å²) in [7, 11) is 1.62. The normalized spacial score (nSPS) is 13.5. The van der Waals surface area contributed by atoms with E-state index in [0.29, 0.717) is 40.9 Å². The second kappa shape index (κ2) is 11.9. The van der Waals surface area contributed by atoms with E-state index in [-0.39, 0.29) is 12.5 Å². The van der Waals surface area contributed by atoms with Crippen LogP contribution in [0.2, 0.25) is 0 Å². The molecule has 0 saturated carbocycles. The molecule has 1 aliphatic rings. The topological polar surface area (TPSA) is 106 Å². The quantitative estimate of drug-likeness (QED) is 0.284. The lowest BCUT2D eigenvalue weighted by Gasteiger charge is -2.15. The summed E-state index contributed by atoms with van der Waals surface area (Å²) in [5.74, 6) is 0.919. The molecule has 0 spiro atoms. The Labute approximate surface area is 219 Å². The van der Waals surface area contributed by atoms with Crippen molar-refractivity contribution in [3.05, 3.63) is 60.8 Å². The van der Waals surface area contributed by atoms with E-state index in [0.717, 1.165) is 18.4 Å². The van der Waals surface area contributed by atoms with Crippen LogP contribution in [-0.2, 0) is 11.3 Å². The summed E-state index contributed by atoms with van der Waals surface area (Å²) in [6.07, 6.45) is 8.46. The van der Waals surface area contributed by atoms with Gasteiger partial charge in [-0.3, -0.25) is 9.48 Å². The van der Waals surface area contributed by atoms with Crippen LogP contribution in [0.3, 0.4) is 0 Å². The van der Waals surface area contributed by atoms with Crippen LogP contribution >= 0.6 is 0 Å². The van der Waals surface area contributed by atoms with Crippen molar-refractivity contribution in [1.29, 1.82) is 0 Å². The highest BCUT2D eigenvalue weighted by Crippen LogP contribution is 2.32. The van der Waals surface area contributed by atoms with Crippen molar-refractivity contribution in [1.82, 2.24) is 24.6 Å². The molecule has 0 aliphatic carbocycles. The van der Waals surface area contributed by atoms with Crippen molar-refractivity contribution in [3.63, 3.8) is 0 Å². The van der Waals surface area contributed by atoms with Crippen molar-refractivity contribution >= 4 is 34.1 Å². The zero-order valence-electron chi connectivity index (χ0n) is 21.2. The van der Waals surface area contributed by atoms with Crippen LogP contribution in [0, 0.1) is 5.82 Å². The molecule has 1 aliphatic heterocycles. The van der Waals surface area contributed by atoms with Gasteiger partial charge < -0.3 is 25.0 Å². The number of fused-ring (bicyclic) bond motifs is 1. The molecule has 0 atom stereocenters. The molecule has 10 nitrogen and oxygen atoms in total. The molecule has 2 aromatic heterocycles. The van der Waals surface area contributed by atoms with Crippen LogP contribution in [0.4, 0.5) is 21.7 Å². The fourth-order valence-corrected chi connectivity index (χ4v) is 4.41. The third-order valence-corrected chi connectivity index (χ3v) is 6.24. The van der Waals surface area contributed by atoms with Gasteiger partial charge in [-0.25, -0.2) is 14.4 Å². The number of hydrogen-bond acceptors (Lipinski definition) is 8. The van der Waals surface area contributed by atoms with Crippen molar-refractivity contribution < 1.29 is 18.7 Å². The first-order valence-corrected chi connectivity index (χ1v) is 12.6. The Bertz CT molecular complexity index is 1400. The fraction of sp³-hybridized carbons (Fsp3) is 0.333. The number of amides is 1. The van der Waals surface area contributed by atoms with Gasteiger partial charge in [0.25, 0.3) is 0 Å². The standard InChI is InChI=1S/C27H30FN7O3/c1-37-24-12-19-15-29-27(33-23(19)14-25(24)38-11-5-10-34-8-2-3-9-34)32-22-16-30-35(17-22)18-26(36)31-21-7-4-6-20(28)13-21/h4,6-7,12-17H,2-3,5,8-11,18H2,1H3,(H,31,36)(H,29,32,33). The molecule has 3 heterocycles. The van der Waals surface area contributed by atoms with Crippen LogP contribution in [0.5, 0.6) is 11.5 Å². The lowest BCUT2D eigenvalue weighted by Crippen LogP contribution is -2.21. The van der Waals surface area contributed by atoms with Gasteiger partial charge in [0.05, 0.1) is 31.1 Å². The maximum absolute atomic E-state index is 13.3. The first-order valence-electron chi connectivity index (χ1n) is 12.6. The Morgan fingerprint density at radius 1 is 1.11 bits per heavy atom. The monoisotopic (exact) mass is 519 g/mol.